The van der Waals surface area contributed by atoms with E-state index in [-0.39, 0.29) is 7.21 Å². The summed E-state index contributed by atoms with van der Waals surface area (Å²) in [6.07, 6.45) is 3.68. The fraction of sp³-hybridized carbons (Fsp3) is 0.333. The van der Waals surface area contributed by atoms with Crippen LogP contribution in [0.2, 0.25) is 0 Å². The highest BCUT2D eigenvalue weighted by molar-refractivity contribution is 5.77. The van der Waals surface area contributed by atoms with Crippen LogP contribution in [0.15, 0.2) is 12.5 Å². The van der Waals surface area contributed by atoms with Gasteiger partial charge in [0.25, 0.3) is 0 Å². The second kappa shape index (κ2) is 2.44. The first-order valence-corrected chi connectivity index (χ1v) is 2.75. The Morgan fingerprint density at radius 3 is 3.22 bits per heavy atom. The quantitative estimate of drug-likeness (QED) is 0.636. The molecule has 9 heavy (non-hydrogen) atoms. The van der Waals surface area contributed by atoms with E-state index in [1.807, 2.05) is 0 Å². The molecule has 0 saturated carbocycles. The maximum Gasteiger partial charge on any atom is 0.135 e. The molecule has 0 atom stereocenters. The summed E-state index contributed by atoms with van der Waals surface area (Å²) in [5.41, 5.74) is 0.877. The van der Waals surface area contributed by atoms with Gasteiger partial charge in [-0.15, -0.1) is 0 Å². The van der Waals surface area contributed by atoms with Crippen LogP contribution in [0.1, 0.15) is 14.0 Å². The second-order valence-corrected chi connectivity index (χ2v) is 1.96. The molecule has 3 heteroatoms. The second-order valence-electron chi connectivity index (χ2n) is 1.96. The first kappa shape index (κ1) is 6.01. The number of hydrogen-bond donors (Lipinski definition) is 1. The summed E-state index contributed by atoms with van der Waals surface area (Å²) < 4.78 is 0. The fourth-order valence-electron chi connectivity index (χ4n) is 0.650. The Kier molecular flexibility index (Phi) is 1.63. The summed E-state index contributed by atoms with van der Waals surface area (Å²) in [5.74, 6) is 0.152. The molecule has 0 aliphatic heterocycles. The standard InChI is InChI=1S/C6H8N2O.H2/c1-5(9)2-6-3-7-4-8-6;/h3-4H,2H2,1H3,(H,7,8);1H. The van der Waals surface area contributed by atoms with Gasteiger partial charge in [-0.2, -0.15) is 0 Å². The van der Waals surface area contributed by atoms with E-state index < -0.39 is 0 Å². The Labute approximate surface area is 54.6 Å². The average molecular weight is 126 g/mol. The van der Waals surface area contributed by atoms with Gasteiger partial charge in [-0.05, 0) is 6.92 Å². The monoisotopic (exact) mass is 126 g/mol. The van der Waals surface area contributed by atoms with Crippen LogP contribution in [0.5, 0.6) is 0 Å². The summed E-state index contributed by atoms with van der Waals surface area (Å²) in [4.78, 5) is 17.1. The van der Waals surface area contributed by atoms with Crippen LogP contribution in [-0.4, -0.2) is 15.8 Å². The molecule has 0 aliphatic rings. The molecule has 1 N–H and O–H groups in total. The van der Waals surface area contributed by atoms with Gasteiger partial charge in [-0.3, -0.25) is 4.79 Å². The maximum atomic E-state index is 10.5. The number of H-pyrrole nitrogens is 1. The molecular formula is C6H10N2O. The van der Waals surface area contributed by atoms with E-state index in [0.717, 1.165) is 5.69 Å². The van der Waals surface area contributed by atoms with Crippen molar-refractivity contribution in [2.45, 2.75) is 13.3 Å². The molecule has 3 nitrogen and oxygen atoms in total. The van der Waals surface area contributed by atoms with Gasteiger partial charge in [0.15, 0.2) is 0 Å². The molecule has 0 spiro atoms. The molecule has 0 bridgehead atoms. The number of rotatable bonds is 2. The molecule has 1 heterocycles. The van der Waals surface area contributed by atoms with E-state index in [1.54, 1.807) is 19.4 Å². The number of nitrogens with zero attached hydrogens (tertiary/aromatic N) is 1. The summed E-state index contributed by atoms with van der Waals surface area (Å²) in [7, 11) is 0. The summed E-state index contributed by atoms with van der Waals surface area (Å²) in [6, 6.07) is 0. The Morgan fingerprint density at radius 2 is 2.78 bits per heavy atom. The van der Waals surface area contributed by atoms with Crippen LogP contribution in [0.4, 0.5) is 0 Å². The van der Waals surface area contributed by atoms with Crippen molar-refractivity contribution in [3.63, 3.8) is 0 Å². The summed E-state index contributed by atoms with van der Waals surface area (Å²) >= 11 is 0. The molecule has 0 unspecified atom stereocenters. The van der Waals surface area contributed by atoms with Gasteiger partial charge in [0.2, 0.25) is 0 Å². The lowest BCUT2D eigenvalue weighted by molar-refractivity contribution is -0.116. The number of carbonyl (C=O) groups is 1. The predicted octanol–water partition coefficient (Wildman–Crippen LogP) is 0.787. The third kappa shape index (κ3) is 1.68. The average Bonchev–Trinajstić information content (AvgIpc) is 2.15. The molecular weight excluding hydrogens is 116 g/mol. The number of hydrogen-bond acceptors (Lipinski definition) is 2. The van der Waals surface area contributed by atoms with Crippen molar-refractivity contribution in [3.05, 3.63) is 18.2 Å². The Hall–Kier alpha value is -1.12. The van der Waals surface area contributed by atoms with Gasteiger partial charge in [-0.1, -0.05) is 0 Å². The molecule has 0 aliphatic carbocycles. The van der Waals surface area contributed by atoms with Gasteiger partial charge in [-0.25, -0.2) is 4.98 Å². The van der Waals surface area contributed by atoms with Crippen LogP contribution in [-0.2, 0) is 11.2 Å². The predicted molar refractivity (Wildman–Crippen MR) is 35.1 cm³/mol. The Bertz CT molecular complexity index is 196. The van der Waals surface area contributed by atoms with Gasteiger partial charge >= 0.3 is 0 Å². The first-order valence-electron chi connectivity index (χ1n) is 2.75. The lowest BCUT2D eigenvalue weighted by atomic mass is 10.2. The van der Waals surface area contributed by atoms with Crippen molar-refractivity contribution in [2.75, 3.05) is 0 Å². The molecule has 1 aromatic rings. The van der Waals surface area contributed by atoms with E-state index in [0.29, 0.717) is 6.42 Å². The normalized spacial score (nSPS) is 9.44. The minimum absolute atomic E-state index is 0. The fourth-order valence-corrected chi connectivity index (χ4v) is 0.650. The van der Waals surface area contributed by atoms with Crippen LogP contribution in [0, 0.1) is 0 Å². The minimum atomic E-state index is 0. The van der Waals surface area contributed by atoms with E-state index in [2.05, 4.69) is 9.97 Å². The van der Waals surface area contributed by atoms with Gasteiger partial charge in [0.05, 0.1) is 6.33 Å². The van der Waals surface area contributed by atoms with Gasteiger partial charge in [0.1, 0.15) is 5.78 Å². The van der Waals surface area contributed by atoms with Gasteiger partial charge < -0.3 is 4.98 Å². The highest BCUT2D eigenvalue weighted by atomic mass is 16.1. The van der Waals surface area contributed by atoms with E-state index in [9.17, 15) is 4.79 Å². The minimum Gasteiger partial charge on any atom is -0.348 e. The molecule has 0 radical (unpaired) electrons. The van der Waals surface area contributed by atoms with Crippen molar-refractivity contribution in [1.29, 1.82) is 0 Å². The van der Waals surface area contributed by atoms with Gasteiger partial charge in [0, 0.05) is 19.7 Å². The van der Waals surface area contributed by atoms with Crippen LogP contribution < -0.4 is 0 Å². The third-order valence-electron chi connectivity index (χ3n) is 0.994. The largest absolute Gasteiger partial charge is 0.348 e. The molecule has 0 amide bonds. The van der Waals surface area contributed by atoms with Crippen molar-refractivity contribution >= 4 is 5.78 Å². The van der Waals surface area contributed by atoms with Crippen LogP contribution in [0.3, 0.4) is 0 Å². The number of ketones is 1. The topological polar surface area (TPSA) is 45.8 Å². The van der Waals surface area contributed by atoms with Crippen molar-refractivity contribution in [2.24, 2.45) is 0 Å². The third-order valence-corrected chi connectivity index (χ3v) is 0.994. The van der Waals surface area contributed by atoms with E-state index >= 15 is 0 Å². The Morgan fingerprint density at radius 1 is 2.00 bits per heavy atom. The molecule has 1 aromatic heterocycles. The smallest absolute Gasteiger partial charge is 0.135 e. The molecule has 0 aromatic carbocycles. The number of nitrogens with one attached hydrogen (secondary N) is 1. The SMILES string of the molecule is CC(=O)Cc1cnc[nH]1.[HH]. The van der Waals surface area contributed by atoms with Crippen molar-refractivity contribution in [3.8, 4) is 0 Å². The number of aromatic nitrogens is 2. The number of Topliss-reactive ketones (excluding diaryl/α,β-unsaturated/α-hetero) is 1. The Balaban J connectivity index is 0.000000810. The molecule has 0 fully saturated rings. The molecule has 1 rings (SSSR count). The highest BCUT2D eigenvalue weighted by Crippen LogP contribution is 1.91. The van der Waals surface area contributed by atoms with Crippen LogP contribution in [0.25, 0.3) is 0 Å². The lowest BCUT2D eigenvalue weighted by Gasteiger charge is -1.86. The zero-order valence-electron chi connectivity index (χ0n) is 5.22. The zero-order chi connectivity index (χ0) is 6.69. The van der Waals surface area contributed by atoms with Crippen molar-refractivity contribution < 1.29 is 6.22 Å². The van der Waals surface area contributed by atoms with Crippen molar-refractivity contribution in [1.82, 2.24) is 9.97 Å². The number of aromatic amines is 1. The van der Waals surface area contributed by atoms with E-state index in [1.165, 1.54) is 0 Å². The number of carbonyl (C=O) groups excluding carboxylic acids is 1. The van der Waals surface area contributed by atoms with E-state index in [4.69, 9.17) is 0 Å². The maximum absolute atomic E-state index is 10.5. The molecule has 50 valence electrons. The number of imidazole rings is 1. The first-order chi connectivity index (χ1) is 4.29. The highest BCUT2D eigenvalue weighted by Gasteiger charge is 1.95. The zero-order valence-corrected chi connectivity index (χ0v) is 5.22. The summed E-state index contributed by atoms with van der Waals surface area (Å²) in [6.45, 7) is 1.56. The van der Waals surface area contributed by atoms with Crippen LogP contribution >= 0.6 is 0 Å². The lowest BCUT2D eigenvalue weighted by Crippen LogP contribution is -1.95. The molecule has 0 saturated heterocycles. The summed E-state index contributed by atoms with van der Waals surface area (Å²) in [5, 5.41) is 0.